The van der Waals surface area contributed by atoms with Gasteiger partial charge in [0, 0.05) is 22.2 Å². The first kappa shape index (κ1) is 28.2. The third-order valence-electron chi connectivity index (χ3n) is 6.66. The van der Waals surface area contributed by atoms with E-state index in [4.69, 9.17) is 48.9 Å². The molecule has 6 rings (SSSR count). The molecule has 2 aromatic heterocycles. The second-order valence-electron chi connectivity index (χ2n) is 9.31. The van der Waals surface area contributed by atoms with Crippen molar-refractivity contribution in [2.24, 2.45) is 4.99 Å². The summed E-state index contributed by atoms with van der Waals surface area (Å²) in [5.74, 6) is 0.492. The monoisotopic (exact) mass is 634 g/mol. The maximum atomic E-state index is 14.0. The van der Waals surface area contributed by atoms with Crippen molar-refractivity contribution >= 4 is 63.9 Å². The quantitative estimate of drug-likeness (QED) is 0.186. The first-order valence-corrected chi connectivity index (χ1v) is 14.9. The van der Waals surface area contributed by atoms with Crippen molar-refractivity contribution in [2.45, 2.75) is 13.0 Å². The van der Waals surface area contributed by atoms with Gasteiger partial charge in [0.05, 0.1) is 38.5 Å². The van der Waals surface area contributed by atoms with E-state index < -0.39 is 12.0 Å². The third-order valence-corrected chi connectivity index (χ3v) is 8.64. The number of carbonyl (C=O) groups is 1. The number of furan rings is 1. The van der Waals surface area contributed by atoms with E-state index in [1.807, 2.05) is 30.3 Å². The highest BCUT2D eigenvalue weighted by Crippen LogP contribution is 2.35. The molecule has 0 fully saturated rings. The first-order valence-electron chi connectivity index (χ1n) is 12.9. The average molecular weight is 636 g/mol. The Morgan fingerprint density at radius 1 is 0.976 bits per heavy atom. The van der Waals surface area contributed by atoms with Crippen LogP contribution in [0.1, 0.15) is 29.9 Å². The van der Waals surface area contributed by atoms with Crippen molar-refractivity contribution in [2.75, 3.05) is 6.61 Å². The van der Waals surface area contributed by atoms with Crippen LogP contribution in [0.4, 0.5) is 0 Å². The van der Waals surface area contributed by atoms with Crippen LogP contribution in [0.5, 0.6) is 0 Å². The van der Waals surface area contributed by atoms with Gasteiger partial charge >= 0.3 is 5.97 Å². The number of ether oxygens (including phenoxy) is 1. The number of thiazole rings is 1. The molecule has 6 nitrogen and oxygen atoms in total. The number of fused-ring (bicyclic) bond motifs is 1. The minimum Gasteiger partial charge on any atom is -0.463 e. The third kappa shape index (κ3) is 5.37. The first-order chi connectivity index (χ1) is 20.3. The standard InChI is InChI=1S/C32H21Cl3N2O4S/c1-2-40-31(39)27-28(18-6-4-3-5-7-18)36-32-37(29(27)19-8-11-21(33)12-9-19)30(38)26(42-32)17-22-13-15-25(41-22)20-10-14-23(34)24(35)16-20/h3-17,29H,2H2,1H3/b26-17-/t29-/m1/s1. The summed E-state index contributed by atoms with van der Waals surface area (Å²) >= 11 is 19.6. The van der Waals surface area contributed by atoms with E-state index in [9.17, 15) is 9.59 Å². The van der Waals surface area contributed by atoms with Gasteiger partial charge in [0.15, 0.2) is 4.80 Å². The Hall–Kier alpha value is -3.88. The molecule has 5 aromatic rings. The van der Waals surface area contributed by atoms with Gasteiger partial charge in [-0.15, -0.1) is 0 Å². The number of hydrogen-bond donors (Lipinski definition) is 0. The summed E-state index contributed by atoms with van der Waals surface area (Å²) in [6, 6.07) is 24.4. The van der Waals surface area contributed by atoms with Gasteiger partial charge in [-0.3, -0.25) is 9.36 Å². The molecule has 0 spiro atoms. The summed E-state index contributed by atoms with van der Waals surface area (Å²) in [7, 11) is 0. The van der Waals surface area contributed by atoms with Crippen molar-refractivity contribution in [3.8, 4) is 11.3 Å². The number of esters is 1. The Balaban J connectivity index is 1.55. The molecule has 1 aliphatic rings. The SMILES string of the molecule is CCOC(=O)C1=C(c2ccccc2)N=c2s/c(=C\c3ccc(-c4ccc(Cl)c(Cl)c4)o3)c(=O)n2[C@@H]1c1ccc(Cl)cc1. The number of carbonyl (C=O) groups excluding carboxylic acids is 1. The van der Waals surface area contributed by atoms with Crippen LogP contribution in [0.3, 0.4) is 0 Å². The fraction of sp³-hybridized carbons (Fsp3) is 0.0938. The van der Waals surface area contributed by atoms with Crippen LogP contribution in [-0.2, 0) is 9.53 Å². The minimum atomic E-state index is -0.793. The van der Waals surface area contributed by atoms with Crippen molar-refractivity contribution in [3.63, 3.8) is 0 Å². The Bertz CT molecular complexity index is 2030. The number of nitrogens with zero attached hydrogens (tertiary/aromatic N) is 2. The number of benzene rings is 3. The van der Waals surface area contributed by atoms with Crippen LogP contribution in [0, 0.1) is 0 Å². The van der Waals surface area contributed by atoms with Crippen LogP contribution in [-0.4, -0.2) is 17.1 Å². The van der Waals surface area contributed by atoms with Gasteiger partial charge in [0.1, 0.15) is 11.5 Å². The zero-order valence-electron chi connectivity index (χ0n) is 22.0. The highest BCUT2D eigenvalue weighted by Gasteiger charge is 2.35. The lowest BCUT2D eigenvalue weighted by Gasteiger charge is -2.25. The van der Waals surface area contributed by atoms with Gasteiger partial charge in [-0.2, -0.15) is 0 Å². The van der Waals surface area contributed by atoms with Crippen LogP contribution in [0.2, 0.25) is 15.1 Å². The lowest BCUT2D eigenvalue weighted by Crippen LogP contribution is -2.39. The van der Waals surface area contributed by atoms with Crippen molar-refractivity contribution in [1.82, 2.24) is 4.57 Å². The summed E-state index contributed by atoms with van der Waals surface area (Å²) in [4.78, 5) is 32.8. The topological polar surface area (TPSA) is 73.8 Å². The van der Waals surface area contributed by atoms with E-state index in [0.717, 1.165) is 11.1 Å². The minimum absolute atomic E-state index is 0.168. The van der Waals surface area contributed by atoms with E-state index >= 15 is 0 Å². The number of halogens is 3. The summed E-state index contributed by atoms with van der Waals surface area (Å²) in [6.45, 7) is 1.91. The van der Waals surface area contributed by atoms with E-state index in [2.05, 4.69) is 0 Å². The van der Waals surface area contributed by atoms with Gasteiger partial charge < -0.3 is 9.15 Å². The number of hydrogen-bond acceptors (Lipinski definition) is 6. The summed E-state index contributed by atoms with van der Waals surface area (Å²) in [6.07, 6.45) is 1.67. The average Bonchev–Trinajstić information content (AvgIpc) is 3.59. The van der Waals surface area contributed by atoms with Crippen LogP contribution < -0.4 is 14.9 Å². The molecule has 42 heavy (non-hydrogen) atoms. The Labute approximate surface area is 259 Å². The predicted octanol–water partition coefficient (Wildman–Crippen LogP) is 7.16. The zero-order chi connectivity index (χ0) is 29.4. The smallest absolute Gasteiger partial charge is 0.338 e. The van der Waals surface area contributed by atoms with Crippen LogP contribution in [0.15, 0.2) is 105 Å². The molecule has 0 saturated carbocycles. The molecule has 0 N–H and O–H groups in total. The molecule has 0 unspecified atom stereocenters. The second-order valence-corrected chi connectivity index (χ2v) is 11.6. The Morgan fingerprint density at radius 2 is 1.74 bits per heavy atom. The Kier molecular flexibility index (Phi) is 7.92. The molecular weight excluding hydrogens is 615 g/mol. The molecule has 10 heteroatoms. The van der Waals surface area contributed by atoms with E-state index in [1.165, 1.54) is 15.9 Å². The highest BCUT2D eigenvalue weighted by atomic mass is 35.5. The van der Waals surface area contributed by atoms with Crippen molar-refractivity contribution in [1.29, 1.82) is 0 Å². The van der Waals surface area contributed by atoms with Gasteiger partial charge in [0.2, 0.25) is 0 Å². The molecule has 0 bridgehead atoms. The van der Waals surface area contributed by atoms with Crippen molar-refractivity contribution in [3.05, 3.63) is 142 Å². The van der Waals surface area contributed by atoms with E-state index in [-0.39, 0.29) is 17.7 Å². The maximum absolute atomic E-state index is 14.0. The largest absolute Gasteiger partial charge is 0.463 e. The predicted molar refractivity (Wildman–Crippen MR) is 167 cm³/mol. The lowest BCUT2D eigenvalue weighted by atomic mass is 9.93. The van der Waals surface area contributed by atoms with E-state index in [1.54, 1.807) is 67.6 Å². The fourth-order valence-electron chi connectivity index (χ4n) is 4.77. The van der Waals surface area contributed by atoms with E-state index in [0.29, 0.717) is 47.2 Å². The molecule has 0 amide bonds. The molecule has 0 saturated heterocycles. The summed E-state index contributed by atoms with van der Waals surface area (Å²) < 4.78 is 13.4. The van der Waals surface area contributed by atoms with Crippen molar-refractivity contribution < 1.29 is 13.9 Å². The molecule has 210 valence electrons. The van der Waals surface area contributed by atoms with Gasteiger partial charge in [0.25, 0.3) is 5.56 Å². The highest BCUT2D eigenvalue weighted by molar-refractivity contribution is 7.07. The summed E-state index contributed by atoms with van der Waals surface area (Å²) in [5, 5.41) is 1.39. The molecule has 0 aliphatic carbocycles. The van der Waals surface area contributed by atoms with Crippen LogP contribution in [0.25, 0.3) is 23.1 Å². The van der Waals surface area contributed by atoms with Crippen LogP contribution >= 0.6 is 46.1 Å². The molecule has 0 radical (unpaired) electrons. The van der Waals surface area contributed by atoms with Gasteiger partial charge in [-0.1, -0.05) is 88.6 Å². The maximum Gasteiger partial charge on any atom is 0.338 e. The normalized spacial score (nSPS) is 15.0. The van der Waals surface area contributed by atoms with Gasteiger partial charge in [-0.05, 0) is 55.0 Å². The molecule has 3 aromatic carbocycles. The molecule has 1 aliphatic heterocycles. The Morgan fingerprint density at radius 3 is 2.45 bits per heavy atom. The van der Waals surface area contributed by atoms with Gasteiger partial charge in [-0.25, -0.2) is 9.79 Å². The fourth-order valence-corrected chi connectivity index (χ4v) is 6.17. The molecule has 3 heterocycles. The molecule has 1 atom stereocenters. The number of aromatic nitrogens is 1. The second kappa shape index (κ2) is 11.8. The lowest BCUT2D eigenvalue weighted by molar-refractivity contribution is -0.138. The number of rotatable bonds is 6. The zero-order valence-corrected chi connectivity index (χ0v) is 25.1. The summed E-state index contributed by atoms with van der Waals surface area (Å²) in [5.41, 5.74) is 2.57. The molecular formula is C32H21Cl3N2O4S.